The van der Waals surface area contributed by atoms with Crippen molar-refractivity contribution in [3.63, 3.8) is 0 Å². The van der Waals surface area contributed by atoms with Crippen LogP contribution in [0.2, 0.25) is 0 Å². The topological polar surface area (TPSA) is 24.9 Å². The van der Waals surface area contributed by atoms with Crippen LogP contribution in [0.15, 0.2) is 60.8 Å². The molecule has 0 unspecified atom stereocenters. The van der Waals surface area contributed by atoms with Crippen LogP contribution < -0.4 is 5.32 Å². The van der Waals surface area contributed by atoms with Crippen LogP contribution in [0, 0.1) is 6.92 Å². The summed E-state index contributed by atoms with van der Waals surface area (Å²) in [6.45, 7) is 5.15. The predicted molar refractivity (Wildman–Crippen MR) is 88.2 cm³/mol. The molecule has 0 saturated heterocycles. The molecule has 0 spiro atoms. The summed E-state index contributed by atoms with van der Waals surface area (Å²) in [5.74, 6) is 0. The number of para-hydroxylation sites is 1. The quantitative estimate of drug-likeness (QED) is 0.764. The highest BCUT2D eigenvalue weighted by Crippen LogP contribution is 2.18. The van der Waals surface area contributed by atoms with Gasteiger partial charge in [0.25, 0.3) is 0 Å². The lowest BCUT2D eigenvalue weighted by molar-refractivity contribution is 0.576. The second-order valence-electron chi connectivity index (χ2n) is 5.51. The number of rotatable bonds is 4. The first-order chi connectivity index (χ1) is 10.2. The van der Waals surface area contributed by atoms with E-state index >= 15 is 0 Å². The molecule has 1 atom stereocenters. The molecule has 1 N–H and O–H groups in total. The molecular formula is C19H20N2. The maximum atomic E-state index is 4.51. The maximum Gasteiger partial charge on any atom is 0.0746 e. The molecule has 0 aliphatic heterocycles. The standard InChI is InChI=1S/C19H20N2/c1-14-6-3-8-17(12-14)15(2)21-13-18-9-4-7-16-10-5-11-20-19(16)18/h3-12,15,21H,13H2,1-2H3/t15-/m0/s1. The Morgan fingerprint density at radius 2 is 1.86 bits per heavy atom. The van der Waals surface area contributed by atoms with E-state index in [-0.39, 0.29) is 0 Å². The first-order valence-electron chi connectivity index (χ1n) is 7.36. The molecular weight excluding hydrogens is 256 g/mol. The number of benzene rings is 2. The zero-order valence-electron chi connectivity index (χ0n) is 12.5. The van der Waals surface area contributed by atoms with Crippen LogP contribution in [-0.4, -0.2) is 4.98 Å². The predicted octanol–water partition coefficient (Wildman–Crippen LogP) is 4.39. The number of hydrogen-bond acceptors (Lipinski definition) is 2. The Balaban J connectivity index is 1.77. The van der Waals surface area contributed by atoms with Gasteiger partial charge in [0.15, 0.2) is 0 Å². The maximum absolute atomic E-state index is 4.51. The average Bonchev–Trinajstić information content (AvgIpc) is 2.52. The number of pyridine rings is 1. The monoisotopic (exact) mass is 276 g/mol. The van der Waals surface area contributed by atoms with Crippen LogP contribution in [0.3, 0.4) is 0 Å². The van der Waals surface area contributed by atoms with E-state index in [9.17, 15) is 0 Å². The lowest BCUT2D eigenvalue weighted by Crippen LogP contribution is -2.18. The van der Waals surface area contributed by atoms with Crippen molar-refractivity contribution < 1.29 is 0 Å². The van der Waals surface area contributed by atoms with Gasteiger partial charge >= 0.3 is 0 Å². The molecule has 106 valence electrons. The number of hydrogen-bond donors (Lipinski definition) is 1. The SMILES string of the molecule is Cc1cccc([C@H](C)NCc2cccc3cccnc23)c1. The molecule has 2 nitrogen and oxygen atoms in total. The van der Waals surface area contributed by atoms with Crippen molar-refractivity contribution in [2.24, 2.45) is 0 Å². The zero-order valence-corrected chi connectivity index (χ0v) is 12.5. The summed E-state index contributed by atoms with van der Waals surface area (Å²) < 4.78 is 0. The van der Waals surface area contributed by atoms with Gasteiger partial charge in [0.2, 0.25) is 0 Å². The summed E-state index contributed by atoms with van der Waals surface area (Å²) in [7, 11) is 0. The molecule has 0 amide bonds. The van der Waals surface area contributed by atoms with E-state index < -0.39 is 0 Å². The normalized spacial score (nSPS) is 12.5. The van der Waals surface area contributed by atoms with Crippen molar-refractivity contribution in [2.75, 3.05) is 0 Å². The fourth-order valence-corrected chi connectivity index (χ4v) is 2.63. The van der Waals surface area contributed by atoms with Gasteiger partial charge in [-0.15, -0.1) is 0 Å². The highest BCUT2D eigenvalue weighted by Gasteiger charge is 2.07. The summed E-state index contributed by atoms with van der Waals surface area (Å²) in [6, 6.07) is 19.4. The Bertz CT molecular complexity index is 744. The van der Waals surface area contributed by atoms with Gasteiger partial charge in [0.1, 0.15) is 0 Å². The Labute approximate surface area is 125 Å². The Morgan fingerprint density at radius 3 is 2.71 bits per heavy atom. The Hall–Kier alpha value is -2.19. The van der Waals surface area contributed by atoms with E-state index in [0.29, 0.717) is 6.04 Å². The molecule has 1 heterocycles. The minimum Gasteiger partial charge on any atom is -0.306 e. The van der Waals surface area contributed by atoms with Gasteiger partial charge in [-0.3, -0.25) is 4.98 Å². The van der Waals surface area contributed by atoms with Crippen LogP contribution >= 0.6 is 0 Å². The highest BCUT2D eigenvalue weighted by molar-refractivity contribution is 5.81. The van der Waals surface area contributed by atoms with E-state index in [1.807, 2.05) is 12.3 Å². The van der Waals surface area contributed by atoms with Gasteiger partial charge < -0.3 is 5.32 Å². The van der Waals surface area contributed by atoms with Gasteiger partial charge in [0.05, 0.1) is 5.52 Å². The van der Waals surface area contributed by atoms with Crippen LogP contribution in [-0.2, 0) is 6.54 Å². The van der Waals surface area contributed by atoms with Crippen molar-refractivity contribution in [2.45, 2.75) is 26.4 Å². The third-order valence-corrected chi connectivity index (χ3v) is 3.86. The second kappa shape index (κ2) is 6.06. The summed E-state index contributed by atoms with van der Waals surface area (Å²) in [6.07, 6.45) is 1.86. The van der Waals surface area contributed by atoms with E-state index in [4.69, 9.17) is 0 Å². The van der Waals surface area contributed by atoms with E-state index in [0.717, 1.165) is 12.1 Å². The molecule has 21 heavy (non-hydrogen) atoms. The number of aryl methyl sites for hydroxylation is 1. The molecule has 2 aromatic carbocycles. The van der Waals surface area contributed by atoms with Crippen LogP contribution in [0.1, 0.15) is 29.7 Å². The summed E-state index contributed by atoms with van der Waals surface area (Å²) in [5, 5.41) is 4.79. The van der Waals surface area contributed by atoms with E-state index in [1.165, 1.54) is 22.1 Å². The lowest BCUT2D eigenvalue weighted by Gasteiger charge is -2.15. The minimum atomic E-state index is 0.323. The minimum absolute atomic E-state index is 0.323. The van der Waals surface area contributed by atoms with E-state index in [1.54, 1.807) is 0 Å². The first-order valence-corrected chi connectivity index (χ1v) is 7.36. The average molecular weight is 276 g/mol. The highest BCUT2D eigenvalue weighted by atomic mass is 14.9. The van der Waals surface area contributed by atoms with Crippen molar-refractivity contribution in [3.8, 4) is 0 Å². The zero-order chi connectivity index (χ0) is 14.7. The third-order valence-electron chi connectivity index (χ3n) is 3.86. The first kappa shape index (κ1) is 13.8. The van der Waals surface area contributed by atoms with E-state index in [2.05, 4.69) is 72.7 Å². The smallest absolute Gasteiger partial charge is 0.0746 e. The lowest BCUT2D eigenvalue weighted by atomic mass is 10.0. The Kier molecular flexibility index (Phi) is 3.98. The van der Waals surface area contributed by atoms with Crippen molar-refractivity contribution in [1.29, 1.82) is 0 Å². The number of aromatic nitrogens is 1. The van der Waals surface area contributed by atoms with Gasteiger partial charge in [-0.25, -0.2) is 0 Å². The van der Waals surface area contributed by atoms with Gasteiger partial charge in [0, 0.05) is 24.2 Å². The number of nitrogens with zero attached hydrogens (tertiary/aromatic N) is 1. The molecule has 3 rings (SSSR count). The molecule has 0 saturated carbocycles. The third kappa shape index (κ3) is 3.11. The largest absolute Gasteiger partial charge is 0.306 e. The van der Waals surface area contributed by atoms with Gasteiger partial charge in [-0.1, -0.05) is 54.1 Å². The molecule has 1 aromatic heterocycles. The fourth-order valence-electron chi connectivity index (χ4n) is 2.63. The number of nitrogens with one attached hydrogen (secondary N) is 1. The molecule has 0 bridgehead atoms. The summed E-state index contributed by atoms with van der Waals surface area (Å²) in [4.78, 5) is 4.51. The second-order valence-corrected chi connectivity index (χ2v) is 5.51. The summed E-state index contributed by atoms with van der Waals surface area (Å²) >= 11 is 0. The van der Waals surface area contributed by atoms with Gasteiger partial charge in [-0.05, 0) is 31.0 Å². The molecule has 2 heteroatoms. The summed E-state index contributed by atoms with van der Waals surface area (Å²) in [5.41, 5.74) is 4.95. The van der Waals surface area contributed by atoms with Crippen molar-refractivity contribution >= 4 is 10.9 Å². The molecule has 0 radical (unpaired) electrons. The molecule has 0 aliphatic carbocycles. The molecule has 3 aromatic rings. The van der Waals surface area contributed by atoms with Crippen molar-refractivity contribution in [3.05, 3.63) is 77.5 Å². The van der Waals surface area contributed by atoms with Crippen LogP contribution in [0.25, 0.3) is 10.9 Å². The fraction of sp³-hybridized carbons (Fsp3) is 0.211. The number of fused-ring (bicyclic) bond motifs is 1. The van der Waals surface area contributed by atoms with Crippen molar-refractivity contribution in [1.82, 2.24) is 10.3 Å². The molecule has 0 aliphatic rings. The van der Waals surface area contributed by atoms with Crippen LogP contribution in [0.5, 0.6) is 0 Å². The Morgan fingerprint density at radius 1 is 1.05 bits per heavy atom. The molecule has 0 fully saturated rings. The van der Waals surface area contributed by atoms with Crippen LogP contribution in [0.4, 0.5) is 0 Å². The van der Waals surface area contributed by atoms with Gasteiger partial charge in [-0.2, -0.15) is 0 Å².